The van der Waals surface area contributed by atoms with Crippen molar-refractivity contribution >= 4 is 17.1 Å². The third-order valence-corrected chi connectivity index (χ3v) is 3.31. The van der Waals surface area contributed by atoms with Gasteiger partial charge in [0.25, 0.3) is 5.56 Å². The molecule has 0 saturated heterocycles. The molecule has 0 unspecified atom stereocenters. The van der Waals surface area contributed by atoms with E-state index in [1.54, 1.807) is 0 Å². The Bertz CT molecular complexity index is 743. The Morgan fingerprint density at radius 1 is 1.05 bits per heavy atom. The quantitative estimate of drug-likeness (QED) is 0.503. The van der Waals surface area contributed by atoms with Gasteiger partial charge in [-0.05, 0) is 6.42 Å². The van der Waals surface area contributed by atoms with Crippen molar-refractivity contribution in [2.24, 2.45) is 0 Å². The molecule has 0 bridgehead atoms. The van der Waals surface area contributed by atoms with Crippen LogP contribution < -0.4 is 11.2 Å². The predicted molar refractivity (Wildman–Crippen MR) is 81.0 cm³/mol. The number of unbranched alkanes of at least 4 members (excludes halogenated alkanes) is 5. The summed E-state index contributed by atoms with van der Waals surface area (Å²) in [4.78, 5) is 45.3. The average Bonchev–Trinajstić information content (AvgIpc) is 2.90. The first-order valence-electron chi connectivity index (χ1n) is 7.51. The smallest absolute Gasteiger partial charge is 0.374 e. The summed E-state index contributed by atoms with van der Waals surface area (Å²) < 4.78 is 5.10. The number of imidazole rings is 1. The fourth-order valence-corrected chi connectivity index (χ4v) is 2.14. The van der Waals surface area contributed by atoms with E-state index in [0.29, 0.717) is 6.61 Å². The molecule has 0 spiro atoms. The van der Waals surface area contributed by atoms with E-state index in [-0.39, 0.29) is 17.0 Å². The average molecular weight is 308 g/mol. The van der Waals surface area contributed by atoms with E-state index in [9.17, 15) is 14.4 Å². The second kappa shape index (κ2) is 7.58. The zero-order valence-electron chi connectivity index (χ0n) is 12.5. The molecule has 0 aliphatic heterocycles. The Kier molecular flexibility index (Phi) is 5.51. The van der Waals surface area contributed by atoms with Crippen LogP contribution in [0.2, 0.25) is 0 Å². The minimum absolute atomic E-state index is 0.0419. The summed E-state index contributed by atoms with van der Waals surface area (Å²) in [7, 11) is 0. The minimum atomic E-state index is -0.670. The van der Waals surface area contributed by atoms with Crippen molar-refractivity contribution in [1.29, 1.82) is 0 Å². The van der Waals surface area contributed by atoms with Gasteiger partial charge in [-0.25, -0.2) is 14.6 Å². The molecule has 0 fully saturated rings. The Morgan fingerprint density at radius 2 is 1.77 bits per heavy atom. The number of aromatic nitrogens is 4. The molecule has 8 heteroatoms. The predicted octanol–water partition coefficient (Wildman–Crippen LogP) is 1.46. The van der Waals surface area contributed by atoms with E-state index in [4.69, 9.17) is 4.74 Å². The highest BCUT2D eigenvalue weighted by molar-refractivity contribution is 5.89. The van der Waals surface area contributed by atoms with Gasteiger partial charge in [-0.15, -0.1) is 0 Å². The normalized spacial score (nSPS) is 11.0. The molecule has 3 N–H and O–H groups in total. The van der Waals surface area contributed by atoms with Crippen LogP contribution in [0, 0.1) is 0 Å². The number of rotatable bonds is 8. The first-order chi connectivity index (χ1) is 10.6. The Labute approximate surface area is 126 Å². The number of nitrogens with zero attached hydrogens (tertiary/aromatic N) is 1. The molecular formula is C14H20N4O4. The van der Waals surface area contributed by atoms with Crippen LogP contribution in [0.4, 0.5) is 0 Å². The van der Waals surface area contributed by atoms with Gasteiger partial charge in [-0.2, -0.15) is 0 Å². The maximum Gasteiger partial charge on any atom is 0.374 e. The van der Waals surface area contributed by atoms with Crippen molar-refractivity contribution in [2.45, 2.75) is 45.4 Å². The molecular weight excluding hydrogens is 288 g/mol. The van der Waals surface area contributed by atoms with Crippen molar-refractivity contribution in [2.75, 3.05) is 6.61 Å². The molecule has 22 heavy (non-hydrogen) atoms. The molecule has 0 saturated carbocycles. The number of hydrogen-bond acceptors (Lipinski definition) is 5. The van der Waals surface area contributed by atoms with Crippen LogP contribution in [0.3, 0.4) is 0 Å². The molecule has 2 heterocycles. The molecule has 0 aliphatic carbocycles. The van der Waals surface area contributed by atoms with Gasteiger partial charge in [0.1, 0.15) is 5.52 Å². The molecule has 0 radical (unpaired) electrons. The third kappa shape index (κ3) is 4.06. The molecule has 0 aliphatic rings. The van der Waals surface area contributed by atoms with Gasteiger partial charge >= 0.3 is 11.7 Å². The molecule has 8 nitrogen and oxygen atoms in total. The Hall–Kier alpha value is -2.38. The molecule has 2 aromatic heterocycles. The lowest BCUT2D eigenvalue weighted by Crippen LogP contribution is -2.21. The SMILES string of the molecule is CCCCCCCCOC(=O)c1nc2[nH]c(=O)[nH]c(=O)c2[nH]1. The molecule has 0 aromatic carbocycles. The van der Waals surface area contributed by atoms with Gasteiger partial charge in [0.2, 0.25) is 5.82 Å². The number of carbonyl (C=O) groups is 1. The minimum Gasteiger partial charge on any atom is -0.460 e. The Morgan fingerprint density at radius 3 is 2.55 bits per heavy atom. The highest BCUT2D eigenvalue weighted by Crippen LogP contribution is 2.06. The van der Waals surface area contributed by atoms with Crippen molar-refractivity contribution in [1.82, 2.24) is 19.9 Å². The van der Waals surface area contributed by atoms with Gasteiger partial charge in [-0.3, -0.25) is 14.8 Å². The second-order valence-electron chi connectivity index (χ2n) is 5.12. The molecule has 0 atom stereocenters. The van der Waals surface area contributed by atoms with E-state index in [0.717, 1.165) is 19.3 Å². The highest BCUT2D eigenvalue weighted by Gasteiger charge is 2.15. The maximum atomic E-state index is 11.8. The monoisotopic (exact) mass is 308 g/mol. The fourth-order valence-electron chi connectivity index (χ4n) is 2.14. The lowest BCUT2D eigenvalue weighted by atomic mass is 10.1. The van der Waals surface area contributed by atoms with Crippen LogP contribution in [0.15, 0.2) is 9.59 Å². The van der Waals surface area contributed by atoms with Crippen molar-refractivity contribution in [3.05, 3.63) is 26.7 Å². The second-order valence-corrected chi connectivity index (χ2v) is 5.12. The van der Waals surface area contributed by atoms with E-state index in [2.05, 4.69) is 26.9 Å². The standard InChI is InChI=1S/C14H20N4O4/c1-2-3-4-5-6-7-8-22-13(20)11-15-9-10(16-11)17-14(21)18-12(9)19/h2-8H2,1H3,(H3,15,16,17,18,19,21). The van der Waals surface area contributed by atoms with Crippen LogP contribution in [0.5, 0.6) is 0 Å². The van der Waals surface area contributed by atoms with Crippen molar-refractivity contribution in [3.8, 4) is 0 Å². The summed E-state index contributed by atoms with van der Waals surface area (Å²) in [5.41, 5.74) is -1.20. The summed E-state index contributed by atoms with van der Waals surface area (Å²) in [6.07, 6.45) is 6.57. The van der Waals surface area contributed by atoms with Crippen LogP contribution in [-0.4, -0.2) is 32.5 Å². The van der Waals surface area contributed by atoms with E-state index in [1.807, 2.05) is 0 Å². The van der Waals surface area contributed by atoms with Crippen LogP contribution in [-0.2, 0) is 4.74 Å². The molecule has 2 aromatic rings. The fraction of sp³-hybridized carbons (Fsp3) is 0.571. The number of ether oxygens (including phenoxy) is 1. The number of esters is 1. The highest BCUT2D eigenvalue weighted by atomic mass is 16.5. The lowest BCUT2D eigenvalue weighted by molar-refractivity contribution is 0.0485. The summed E-state index contributed by atoms with van der Waals surface area (Å²) in [5.74, 6) is -0.724. The van der Waals surface area contributed by atoms with E-state index in [1.165, 1.54) is 19.3 Å². The van der Waals surface area contributed by atoms with Gasteiger partial charge in [-0.1, -0.05) is 39.0 Å². The molecule has 0 amide bonds. The number of nitrogens with one attached hydrogen (secondary N) is 3. The zero-order valence-corrected chi connectivity index (χ0v) is 12.5. The van der Waals surface area contributed by atoms with Crippen LogP contribution in [0.1, 0.15) is 56.1 Å². The summed E-state index contributed by atoms with van der Waals surface area (Å²) >= 11 is 0. The van der Waals surface area contributed by atoms with Crippen molar-refractivity contribution in [3.63, 3.8) is 0 Å². The summed E-state index contributed by atoms with van der Waals surface area (Å²) in [5, 5.41) is 0. The number of hydrogen-bond donors (Lipinski definition) is 3. The molecule has 120 valence electrons. The number of fused-ring (bicyclic) bond motifs is 1. The largest absolute Gasteiger partial charge is 0.460 e. The number of aromatic amines is 3. The topological polar surface area (TPSA) is 121 Å². The Balaban J connectivity index is 1.87. The summed E-state index contributed by atoms with van der Waals surface area (Å²) in [6.45, 7) is 2.47. The van der Waals surface area contributed by atoms with Crippen LogP contribution >= 0.6 is 0 Å². The molecule has 2 rings (SSSR count). The zero-order chi connectivity index (χ0) is 15.9. The first-order valence-corrected chi connectivity index (χ1v) is 7.51. The maximum absolute atomic E-state index is 11.8. The van der Waals surface area contributed by atoms with Gasteiger partial charge in [0, 0.05) is 0 Å². The lowest BCUT2D eigenvalue weighted by Gasteiger charge is -2.02. The van der Waals surface area contributed by atoms with Gasteiger partial charge in [0.05, 0.1) is 6.61 Å². The van der Waals surface area contributed by atoms with E-state index >= 15 is 0 Å². The first kappa shape index (κ1) is 16.0. The van der Waals surface area contributed by atoms with Gasteiger partial charge < -0.3 is 9.72 Å². The third-order valence-electron chi connectivity index (χ3n) is 3.31. The van der Waals surface area contributed by atoms with Crippen molar-refractivity contribution < 1.29 is 9.53 Å². The number of carbonyl (C=O) groups excluding carboxylic acids is 1. The number of H-pyrrole nitrogens is 3. The van der Waals surface area contributed by atoms with Gasteiger partial charge in [0.15, 0.2) is 5.65 Å². The summed E-state index contributed by atoms with van der Waals surface area (Å²) in [6, 6.07) is 0. The van der Waals surface area contributed by atoms with Crippen LogP contribution in [0.25, 0.3) is 11.2 Å². The van der Waals surface area contributed by atoms with E-state index < -0.39 is 17.2 Å².